The summed E-state index contributed by atoms with van der Waals surface area (Å²) >= 11 is 0. The summed E-state index contributed by atoms with van der Waals surface area (Å²) in [4.78, 5) is 39.0. The van der Waals surface area contributed by atoms with Crippen molar-refractivity contribution in [2.24, 2.45) is 5.73 Å². The fourth-order valence-corrected chi connectivity index (χ4v) is 5.25. The van der Waals surface area contributed by atoms with Gasteiger partial charge in [0.2, 0.25) is 17.8 Å². The Balaban J connectivity index is 1.22. The molecule has 214 valence electrons. The van der Waals surface area contributed by atoms with Crippen LogP contribution in [0.2, 0.25) is 0 Å². The number of rotatable bonds is 10. The van der Waals surface area contributed by atoms with Crippen LogP contribution < -0.4 is 21.1 Å². The van der Waals surface area contributed by atoms with E-state index in [0.717, 1.165) is 29.8 Å². The lowest BCUT2D eigenvalue weighted by atomic mass is 10.1. The maximum atomic E-state index is 13.3. The van der Waals surface area contributed by atoms with E-state index in [-0.39, 0.29) is 11.9 Å². The number of hydrogen-bond acceptors (Lipinski definition) is 8. The predicted molar refractivity (Wildman–Crippen MR) is 159 cm³/mol. The Morgan fingerprint density at radius 3 is 2.74 bits per heavy atom. The molecule has 12 nitrogen and oxygen atoms in total. The fraction of sp³-hybridized carbons (Fsp3) is 0.267. The quantitative estimate of drug-likeness (QED) is 0.213. The standard InChI is InChI=1S/C30H31N9O3/c1-3-38-24(14-18(2)37-38)28(41)36-30-35-23-15-20(27(31)40)16-25-26(23)39(30)21(17-42-25)10-7-12-32-29-33-13-11-22(34-29)19-8-5-4-6-9-19/h4-6,8-9,11,13-16,21H,3,7,10,12,17H2,1-2H3,(H2,31,40)(H,32,33,34)(H,35,36,41)/t21-/m0/s1. The van der Waals surface area contributed by atoms with Crippen LogP contribution >= 0.6 is 0 Å². The van der Waals surface area contributed by atoms with Crippen LogP contribution in [0.3, 0.4) is 0 Å². The highest BCUT2D eigenvalue weighted by atomic mass is 16.5. The third kappa shape index (κ3) is 5.26. The molecule has 42 heavy (non-hydrogen) atoms. The van der Waals surface area contributed by atoms with Gasteiger partial charge in [-0.25, -0.2) is 15.0 Å². The molecular formula is C30H31N9O3. The molecule has 0 bridgehead atoms. The number of amides is 2. The van der Waals surface area contributed by atoms with Crippen LogP contribution in [0.15, 0.2) is 60.8 Å². The average molecular weight is 566 g/mol. The number of aromatic nitrogens is 6. The third-order valence-electron chi connectivity index (χ3n) is 7.21. The zero-order valence-corrected chi connectivity index (χ0v) is 23.4. The number of imidazole rings is 1. The highest BCUT2D eigenvalue weighted by Gasteiger charge is 2.29. The molecule has 0 radical (unpaired) electrons. The van der Waals surface area contributed by atoms with E-state index in [0.29, 0.717) is 59.6 Å². The molecule has 1 atom stereocenters. The van der Waals surface area contributed by atoms with E-state index in [1.807, 2.05) is 54.8 Å². The molecule has 0 spiro atoms. The molecule has 1 aliphatic rings. The van der Waals surface area contributed by atoms with Gasteiger partial charge in [-0.3, -0.25) is 19.6 Å². The van der Waals surface area contributed by atoms with Crippen LogP contribution in [0.4, 0.5) is 11.9 Å². The first kappa shape index (κ1) is 26.9. The van der Waals surface area contributed by atoms with Crippen LogP contribution in [0.5, 0.6) is 5.75 Å². The molecule has 3 aromatic heterocycles. The number of benzene rings is 2. The Hall–Kier alpha value is -5.26. The van der Waals surface area contributed by atoms with Crippen molar-refractivity contribution >= 4 is 34.7 Å². The van der Waals surface area contributed by atoms with Gasteiger partial charge in [0, 0.05) is 30.4 Å². The van der Waals surface area contributed by atoms with Gasteiger partial charge < -0.3 is 20.4 Å². The summed E-state index contributed by atoms with van der Waals surface area (Å²) in [5.74, 6) is 0.541. The molecule has 0 saturated carbocycles. The number of hydrogen-bond donors (Lipinski definition) is 3. The average Bonchev–Trinajstić information content (AvgIpc) is 3.57. The zero-order chi connectivity index (χ0) is 29.2. The van der Waals surface area contributed by atoms with Crippen LogP contribution in [-0.4, -0.2) is 54.3 Å². The van der Waals surface area contributed by atoms with Crippen molar-refractivity contribution in [1.82, 2.24) is 29.3 Å². The van der Waals surface area contributed by atoms with Crippen LogP contribution in [0.25, 0.3) is 22.3 Å². The summed E-state index contributed by atoms with van der Waals surface area (Å²) in [6.45, 7) is 5.31. The molecule has 0 unspecified atom stereocenters. The molecule has 2 amide bonds. The Morgan fingerprint density at radius 2 is 1.95 bits per heavy atom. The molecule has 4 heterocycles. The van der Waals surface area contributed by atoms with Gasteiger partial charge in [0.25, 0.3) is 5.91 Å². The Labute approximate surface area is 241 Å². The molecule has 0 fully saturated rings. The van der Waals surface area contributed by atoms with Crippen molar-refractivity contribution in [2.45, 2.75) is 39.3 Å². The number of carbonyl (C=O) groups excluding carboxylic acids is 2. The van der Waals surface area contributed by atoms with E-state index >= 15 is 0 Å². The first-order chi connectivity index (χ1) is 20.4. The largest absolute Gasteiger partial charge is 0.489 e. The van der Waals surface area contributed by atoms with Crippen molar-refractivity contribution in [3.63, 3.8) is 0 Å². The van der Waals surface area contributed by atoms with Gasteiger partial charge in [0.15, 0.2) is 0 Å². The molecule has 4 N–H and O–H groups in total. The van der Waals surface area contributed by atoms with Gasteiger partial charge in [0.05, 0.1) is 22.9 Å². The van der Waals surface area contributed by atoms with Crippen molar-refractivity contribution in [1.29, 1.82) is 0 Å². The lowest BCUT2D eigenvalue weighted by Crippen LogP contribution is -2.26. The number of primary amides is 1. The SMILES string of the molecule is CCn1nc(C)cc1C(=O)Nc1nc2cc(C(N)=O)cc3c2n1[C@@H](CCCNc1nccc(-c2ccccc2)n1)CO3. The normalized spacial score (nSPS) is 14.0. The number of carbonyl (C=O) groups is 2. The van der Waals surface area contributed by atoms with Gasteiger partial charge in [-0.05, 0) is 51.0 Å². The molecule has 2 aromatic carbocycles. The predicted octanol–water partition coefficient (Wildman–Crippen LogP) is 4.20. The minimum atomic E-state index is -0.578. The lowest BCUT2D eigenvalue weighted by Gasteiger charge is -2.27. The Morgan fingerprint density at radius 1 is 1.12 bits per heavy atom. The van der Waals surface area contributed by atoms with Crippen molar-refractivity contribution < 1.29 is 14.3 Å². The van der Waals surface area contributed by atoms with Gasteiger partial charge >= 0.3 is 0 Å². The summed E-state index contributed by atoms with van der Waals surface area (Å²) in [5, 5.41) is 10.7. The molecule has 5 aromatic rings. The molecule has 0 aliphatic carbocycles. The number of nitrogens with two attached hydrogens (primary N) is 1. The number of aryl methyl sites for hydroxylation is 2. The minimum absolute atomic E-state index is 0.117. The molecular weight excluding hydrogens is 534 g/mol. The Bertz CT molecular complexity index is 1780. The van der Waals surface area contributed by atoms with E-state index in [1.54, 1.807) is 29.1 Å². The number of nitrogens with zero attached hydrogens (tertiary/aromatic N) is 6. The lowest BCUT2D eigenvalue weighted by molar-refractivity contribution is 0.0995. The summed E-state index contributed by atoms with van der Waals surface area (Å²) in [6, 6.07) is 16.7. The van der Waals surface area contributed by atoms with Crippen molar-refractivity contribution in [2.75, 3.05) is 23.8 Å². The van der Waals surface area contributed by atoms with Gasteiger partial charge in [-0.15, -0.1) is 0 Å². The second kappa shape index (κ2) is 11.3. The monoisotopic (exact) mass is 565 g/mol. The maximum Gasteiger partial charge on any atom is 0.276 e. The van der Waals surface area contributed by atoms with Crippen molar-refractivity contribution in [3.05, 3.63) is 77.7 Å². The van der Waals surface area contributed by atoms with Gasteiger partial charge in [0.1, 0.15) is 23.6 Å². The van der Waals surface area contributed by atoms with Crippen LogP contribution in [0.1, 0.15) is 52.3 Å². The molecule has 0 saturated heterocycles. The van der Waals surface area contributed by atoms with Crippen LogP contribution in [0, 0.1) is 6.92 Å². The number of anilines is 2. The summed E-state index contributed by atoms with van der Waals surface area (Å²) < 4.78 is 9.72. The first-order valence-electron chi connectivity index (χ1n) is 13.9. The Kier molecular flexibility index (Phi) is 7.26. The van der Waals surface area contributed by atoms with E-state index in [1.165, 1.54) is 0 Å². The molecule has 12 heteroatoms. The smallest absolute Gasteiger partial charge is 0.276 e. The summed E-state index contributed by atoms with van der Waals surface area (Å²) in [5.41, 5.74) is 10.1. The van der Waals surface area contributed by atoms with Crippen molar-refractivity contribution in [3.8, 4) is 17.0 Å². The highest BCUT2D eigenvalue weighted by Crippen LogP contribution is 2.38. The van der Waals surface area contributed by atoms with Gasteiger partial charge in [-0.1, -0.05) is 30.3 Å². The third-order valence-corrected chi connectivity index (χ3v) is 7.21. The number of nitrogens with one attached hydrogen (secondary N) is 2. The highest BCUT2D eigenvalue weighted by molar-refractivity contribution is 6.04. The van der Waals surface area contributed by atoms with Gasteiger partial charge in [-0.2, -0.15) is 5.10 Å². The van der Waals surface area contributed by atoms with E-state index in [2.05, 4.69) is 25.7 Å². The summed E-state index contributed by atoms with van der Waals surface area (Å²) in [6.07, 6.45) is 3.24. The van der Waals surface area contributed by atoms with Crippen LogP contribution in [-0.2, 0) is 6.54 Å². The van der Waals surface area contributed by atoms with E-state index in [4.69, 9.17) is 15.5 Å². The zero-order valence-electron chi connectivity index (χ0n) is 23.4. The fourth-order valence-electron chi connectivity index (χ4n) is 5.25. The number of ether oxygens (including phenoxy) is 1. The second-order valence-electron chi connectivity index (χ2n) is 10.1. The summed E-state index contributed by atoms with van der Waals surface area (Å²) in [7, 11) is 0. The topological polar surface area (TPSA) is 155 Å². The minimum Gasteiger partial charge on any atom is -0.489 e. The maximum absolute atomic E-state index is 13.3. The second-order valence-corrected chi connectivity index (χ2v) is 10.1. The molecule has 1 aliphatic heterocycles. The van der Waals surface area contributed by atoms with E-state index < -0.39 is 5.91 Å². The van der Waals surface area contributed by atoms with E-state index in [9.17, 15) is 9.59 Å². The molecule has 6 rings (SSSR count). The first-order valence-corrected chi connectivity index (χ1v) is 13.9.